The predicted octanol–water partition coefficient (Wildman–Crippen LogP) is 4.28. The van der Waals surface area contributed by atoms with Crippen LogP contribution in [0.3, 0.4) is 0 Å². The fourth-order valence-electron chi connectivity index (χ4n) is 3.69. The number of ketones is 1. The maximum atomic E-state index is 12.8. The van der Waals surface area contributed by atoms with E-state index in [9.17, 15) is 9.59 Å². The quantitative estimate of drug-likeness (QED) is 0.308. The number of carbonyl (C=O) groups is 2. The van der Waals surface area contributed by atoms with E-state index in [0.29, 0.717) is 28.7 Å². The summed E-state index contributed by atoms with van der Waals surface area (Å²) < 4.78 is 13.8. The average molecular weight is 468 g/mol. The highest BCUT2D eigenvalue weighted by Gasteiger charge is 2.22. The topological polar surface area (TPSA) is 105 Å². The predicted molar refractivity (Wildman–Crippen MR) is 120 cm³/mol. The first-order valence-electron chi connectivity index (χ1n) is 10.2. The normalized spacial score (nSPS) is 11.1. The van der Waals surface area contributed by atoms with Gasteiger partial charge in [0, 0.05) is 28.7 Å². The third kappa shape index (κ3) is 4.31. The summed E-state index contributed by atoms with van der Waals surface area (Å²) in [6.45, 7) is 8.73. The molecular weight excluding hydrogens is 446 g/mol. The van der Waals surface area contributed by atoms with Crippen molar-refractivity contribution < 1.29 is 18.8 Å². The molecule has 0 spiro atoms. The molecule has 0 bridgehead atoms. The molecule has 0 atom stereocenters. The maximum Gasteiger partial charge on any atom is 0.359 e. The summed E-state index contributed by atoms with van der Waals surface area (Å²) in [6, 6.07) is 8.60. The zero-order chi connectivity index (χ0) is 23.9. The highest BCUT2D eigenvalue weighted by atomic mass is 35.5. The van der Waals surface area contributed by atoms with Gasteiger partial charge in [-0.1, -0.05) is 16.8 Å². The van der Waals surface area contributed by atoms with Gasteiger partial charge in [0.2, 0.25) is 5.78 Å². The monoisotopic (exact) mass is 467 g/mol. The van der Waals surface area contributed by atoms with Crippen LogP contribution in [0.15, 0.2) is 34.9 Å². The molecule has 0 aliphatic heterocycles. The van der Waals surface area contributed by atoms with Crippen LogP contribution in [0.5, 0.6) is 0 Å². The summed E-state index contributed by atoms with van der Waals surface area (Å²) >= 11 is 6.18. The number of hydrogen-bond donors (Lipinski definition) is 0. The van der Waals surface area contributed by atoms with E-state index in [4.69, 9.17) is 20.9 Å². The van der Waals surface area contributed by atoms with E-state index in [1.807, 2.05) is 31.4 Å². The highest BCUT2D eigenvalue weighted by Crippen LogP contribution is 2.22. The highest BCUT2D eigenvalue weighted by molar-refractivity contribution is 6.33. The second-order valence-electron chi connectivity index (χ2n) is 7.75. The van der Waals surface area contributed by atoms with Crippen molar-refractivity contribution in [1.29, 1.82) is 0 Å². The lowest BCUT2D eigenvalue weighted by Crippen LogP contribution is -2.17. The van der Waals surface area contributed by atoms with Crippen molar-refractivity contribution in [2.24, 2.45) is 0 Å². The molecule has 10 heteroatoms. The molecule has 33 heavy (non-hydrogen) atoms. The average Bonchev–Trinajstić information content (AvgIpc) is 3.42. The number of ether oxygens (including phenoxy) is 1. The van der Waals surface area contributed by atoms with Crippen LogP contribution in [0, 0.1) is 34.6 Å². The number of aryl methyl sites for hydroxylation is 4. The van der Waals surface area contributed by atoms with Gasteiger partial charge in [0.05, 0.1) is 10.7 Å². The minimum Gasteiger partial charge on any atom is -0.453 e. The Balaban J connectivity index is 1.52. The number of hydrogen-bond acceptors (Lipinski definition) is 7. The molecule has 0 fully saturated rings. The minimum absolute atomic E-state index is 0.0851. The molecule has 4 aromatic rings. The van der Waals surface area contributed by atoms with Crippen LogP contribution in [0.25, 0.3) is 11.6 Å². The third-order valence-electron chi connectivity index (χ3n) is 5.16. The molecule has 0 aliphatic rings. The van der Waals surface area contributed by atoms with Gasteiger partial charge in [-0.25, -0.2) is 14.5 Å². The van der Waals surface area contributed by atoms with Gasteiger partial charge in [-0.3, -0.25) is 9.36 Å². The van der Waals surface area contributed by atoms with Crippen molar-refractivity contribution in [2.75, 3.05) is 6.61 Å². The van der Waals surface area contributed by atoms with Gasteiger partial charge in [0.1, 0.15) is 5.76 Å². The molecule has 0 unspecified atom stereocenters. The largest absolute Gasteiger partial charge is 0.453 e. The number of rotatable bonds is 6. The molecule has 0 aliphatic carbocycles. The molecule has 0 amide bonds. The van der Waals surface area contributed by atoms with Gasteiger partial charge in [-0.15, -0.1) is 0 Å². The Hall–Kier alpha value is -3.72. The number of Topliss-reactive ketones (excluding diaryl/α,β-unsaturated/α-hetero) is 1. The van der Waals surface area contributed by atoms with Crippen LogP contribution in [0.1, 0.15) is 49.4 Å². The number of halogens is 1. The summed E-state index contributed by atoms with van der Waals surface area (Å²) in [4.78, 5) is 29.8. The van der Waals surface area contributed by atoms with Gasteiger partial charge < -0.3 is 9.26 Å². The first-order valence-corrected chi connectivity index (χ1v) is 10.6. The molecule has 4 aromatic heterocycles. The smallest absolute Gasteiger partial charge is 0.359 e. The fourth-order valence-corrected chi connectivity index (χ4v) is 3.87. The number of nitrogens with zero attached hydrogens (tertiary/aromatic N) is 5. The number of aromatic nitrogens is 5. The lowest BCUT2D eigenvalue weighted by molar-refractivity contribution is 0.0469. The molecule has 0 N–H and O–H groups in total. The van der Waals surface area contributed by atoms with Gasteiger partial charge in [-0.2, -0.15) is 5.10 Å². The Morgan fingerprint density at radius 2 is 1.79 bits per heavy atom. The Bertz CT molecular complexity index is 1380. The number of pyridine rings is 1. The van der Waals surface area contributed by atoms with E-state index in [2.05, 4.69) is 15.2 Å². The zero-order valence-corrected chi connectivity index (χ0v) is 19.6. The van der Waals surface area contributed by atoms with Crippen molar-refractivity contribution in [3.63, 3.8) is 0 Å². The van der Waals surface area contributed by atoms with E-state index >= 15 is 0 Å². The first-order chi connectivity index (χ1) is 15.7. The van der Waals surface area contributed by atoms with Crippen molar-refractivity contribution in [2.45, 2.75) is 34.6 Å². The summed E-state index contributed by atoms with van der Waals surface area (Å²) in [6.07, 6.45) is 0. The molecule has 0 radical (unpaired) electrons. The Morgan fingerprint density at radius 1 is 1.03 bits per heavy atom. The summed E-state index contributed by atoms with van der Waals surface area (Å²) in [5.41, 5.74) is 3.49. The van der Waals surface area contributed by atoms with Crippen LogP contribution in [-0.4, -0.2) is 42.8 Å². The van der Waals surface area contributed by atoms with E-state index in [1.54, 1.807) is 42.8 Å². The molecule has 4 rings (SSSR count). The van der Waals surface area contributed by atoms with Crippen molar-refractivity contribution in [3.05, 3.63) is 75.1 Å². The van der Waals surface area contributed by atoms with Crippen LogP contribution >= 0.6 is 11.6 Å². The van der Waals surface area contributed by atoms with Crippen molar-refractivity contribution in [3.8, 4) is 11.6 Å². The zero-order valence-electron chi connectivity index (χ0n) is 18.8. The number of carbonyl (C=O) groups excluding carboxylic acids is 2. The van der Waals surface area contributed by atoms with Crippen molar-refractivity contribution >= 4 is 23.4 Å². The Morgan fingerprint density at radius 3 is 2.42 bits per heavy atom. The second-order valence-corrected chi connectivity index (χ2v) is 8.16. The molecule has 0 aromatic carbocycles. The second kappa shape index (κ2) is 8.67. The standard InChI is InChI=1S/C23H22ClN5O4/c1-12-8-14(3)29(26-12)20-7-6-18(24)22(25-20)23(31)32-11-19(30)17-9-13(2)28(16(17)5)21-10-15(4)33-27-21/h6-10H,11H2,1-5H3. The van der Waals surface area contributed by atoms with Gasteiger partial charge >= 0.3 is 5.97 Å². The van der Waals surface area contributed by atoms with E-state index < -0.39 is 12.6 Å². The fraction of sp³-hybridized carbons (Fsp3) is 0.261. The molecule has 9 nitrogen and oxygen atoms in total. The van der Waals surface area contributed by atoms with Crippen LogP contribution in [-0.2, 0) is 4.74 Å². The van der Waals surface area contributed by atoms with Gasteiger partial charge in [0.25, 0.3) is 0 Å². The Labute approximate surface area is 194 Å². The molecular formula is C23H22ClN5O4. The molecule has 0 saturated carbocycles. The lowest BCUT2D eigenvalue weighted by Gasteiger charge is -2.09. The number of esters is 1. The lowest BCUT2D eigenvalue weighted by atomic mass is 10.1. The maximum absolute atomic E-state index is 12.8. The van der Waals surface area contributed by atoms with E-state index in [-0.39, 0.29) is 16.5 Å². The van der Waals surface area contributed by atoms with Crippen molar-refractivity contribution in [1.82, 2.24) is 24.5 Å². The van der Waals surface area contributed by atoms with E-state index in [0.717, 1.165) is 17.1 Å². The third-order valence-corrected chi connectivity index (χ3v) is 5.47. The minimum atomic E-state index is -0.794. The van der Waals surface area contributed by atoms with Gasteiger partial charge in [-0.05, 0) is 58.9 Å². The summed E-state index contributed by atoms with van der Waals surface area (Å²) in [5.74, 6) is 0.517. The van der Waals surface area contributed by atoms with Crippen LogP contribution in [0.2, 0.25) is 5.02 Å². The molecule has 0 saturated heterocycles. The first kappa shape index (κ1) is 22.5. The van der Waals surface area contributed by atoms with Crippen LogP contribution < -0.4 is 0 Å². The van der Waals surface area contributed by atoms with Gasteiger partial charge in [0.15, 0.2) is 23.9 Å². The van der Waals surface area contributed by atoms with Crippen LogP contribution in [0.4, 0.5) is 0 Å². The SMILES string of the molecule is Cc1cc(C)n(-c2ccc(Cl)c(C(=O)OCC(=O)c3cc(C)n(-c4cc(C)on4)c3C)n2)n1. The molecule has 170 valence electrons. The summed E-state index contributed by atoms with van der Waals surface area (Å²) in [5, 5.41) is 8.49. The molecule has 4 heterocycles. The van der Waals surface area contributed by atoms with E-state index in [1.165, 1.54) is 0 Å². The Kier molecular flexibility index (Phi) is 5.90. The summed E-state index contributed by atoms with van der Waals surface area (Å²) in [7, 11) is 0.